The number of para-hydroxylation sites is 2. The summed E-state index contributed by atoms with van der Waals surface area (Å²) in [5.41, 5.74) is 3.79. The molecule has 0 aliphatic carbocycles. The number of aromatic nitrogens is 1. The molecular weight excluding hydrogens is 352 g/mol. The molecule has 5 heteroatoms. The average molecular weight is 378 g/mol. The molecule has 0 aliphatic heterocycles. The van der Waals surface area contributed by atoms with E-state index in [1.165, 1.54) is 0 Å². The summed E-state index contributed by atoms with van der Waals surface area (Å²) in [6.07, 6.45) is 3.62. The fraction of sp³-hybridized carbons (Fsp3) is 0.304. The summed E-state index contributed by atoms with van der Waals surface area (Å²) in [4.78, 5) is 17.0. The highest BCUT2D eigenvalue weighted by atomic mass is 16.5. The lowest BCUT2D eigenvalue weighted by Crippen LogP contribution is -2.10. The Labute approximate surface area is 165 Å². The number of unbranched alkanes of at least 4 members (excludes halogenated alkanes) is 1. The SMILES string of the molecule is CCCCOc1ccccc1Nc1c(C(=O)OCC)cnc2ccc(C)cc12. The summed E-state index contributed by atoms with van der Waals surface area (Å²) < 4.78 is 11.2. The van der Waals surface area contributed by atoms with Crippen LogP contribution in [0.25, 0.3) is 10.9 Å². The van der Waals surface area contributed by atoms with E-state index in [1.807, 2.05) is 49.4 Å². The van der Waals surface area contributed by atoms with Gasteiger partial charge in [0.15, 0.2) is 0 Å². The molecule has 0 amide bonds. The zero-order valence-corrected chi connectivity index (χ0v) is 16.6. The zero-order valence-electron chi connectivity index (χ0n) is 16.6. The highest BCUT2D eigenvalue weighted by Crippen LogP contribution is 2.34. The molecule has 0 bridgehead atoms. The Hall–Kier alpha value is -3.08. The van der Waals surface area contributed by atoms with Crippen molar-refractivity contribution in [1.82, 2.24) is 4.98 Å². The molecule has 0 fully saturated rings. The predicted octanol–water partition coefficient (Wildman–Crippen LogP) is 5.64. The molecule has 146 valence electrons. The van der Waals surface area contributed by atoms with Gasteiger partial charge in [0.25, 0.3) is 0 Å². The number of hydrogen-bond acceptors (Lipinski definition) is 5. The average Bonchev–Trinajstić information content (AvgIpc) is 2.70. The molecule has 2 aromatic carbocycles. The van der Waals surface area contributed by atoms with Crippen LogP contribution in [0.3, 0.4) is 0 Å². The van der Waals surface area contributed by atoms with Gasteiger partial charge < -0.3 is 14.8 Å². The number of nitrogens with zero attached hydrogens (tertiary/aromatic N) is 1. The minimum absolute atomic E-state index is 0.306. The molecule has 0 saturated carbocycles. The first-order valence-electron chi connectivity index (χ1n) is 9.69. The van der Waals surface area contributed by atoms with E-state index in [0.29, 0.717) is 24.5 Å². The van der Waals surface area contributed by atoms with Gasteiger partial charge >= 0.3 is 5.97 Å². The van der Waals surface area contributed by atoms with Crippen molar-refractivity contribution in [3.8, 4) is 5.75 Å². The van der Waals surface area contributed by atoms with Crippen molar-refractivity contribution < 1.29 is 14.3 Å². The fourth-order valence-corrected chi connectivity index (χ4v) is 2.96. The maximum atomic E-state index is 12.5. The number of carbonyl (C=O) groups excluding carboxylic acids is 1. The molecule has 5 nitrogen and oxygen atoms in total. The number of carbonyl (C=O) groups is 1. The first kappa shape index (κ1) is 19.7. The third-order valence-corrected chi connectivity index (χ3v) is 4.42. The lowest BCUT2D eigenvalue weighted by Gasteiger charge is -2.17. The summed E-state index contributed by atoms with van der Waals surface area (Å²) >= 11 is 0. The van der Waals surface area contributed by atoms with Crippen molar-refractivity contribution in [2.45, 2.75) is 33.6 Å². The van der Waals surface area contributed by atoms with Crippen LogP contribution in [-0.2, 0) is 4.74 Å². The third-order valence-electron chi connectivity index (χ3n) is 4.42. The second-order valence-corrected chi connectivity index (χ2v) is 6.61. The van der Waals surface area contributed by atoms with Crippen LogP contribution in [0.4, 0.5) is 11.4 Å². The van der Waals surface area contributed by atoms with Crippen molar-refractivity contribution in [3.05, 3.63) is 59.8 Å². The lowest BCUT2D eigenvalue weighted by atomic mass is 10.1. The quantitative estimate of drug-likeness (QED) is 0.406. The summed E-state index contributed by atoms with van der Waals surface area (Å²) in [6.45, 7) is 6.89. The van der Waals surface area contributed by atoms with Gasteiger partial charge in [-0.05, 0) is 44.5 Å². The maximum Gasteiger partial charge on any atom is 0.341 e. The molecule has 0 aliphatic rings. The second kappa shape index (κ2) is 9.22. The minimum Gasteiger partial charge on any atom is -0.491 e. The zero-order chi connectivity index (χ0) is 19.9. The van der Waals surface area contributed by atoms with Crippen molar-refractivity contribution in [1.29, 1.82) is 0 Å². The van der Waals surface area contributed by atoms with Crippen molar-refractivity contribution in [2.24, 2.45) is 0 Å². The van der Waals surface area contributed by atoms with Gasteiger partial charge in [0.2, 0.25) is 0 Å². The van der Waals surface area contributed by atoms with E-state index in [-0.39, 0.29) is 0 Å². The van der Waals surface area contributed by atoms with Gasteiger partial charge in [-0.2, -0.15) is 0 Å². The molecule has 3 rings (SSSR count). The molecule has 1 aromatic heterocycles. The standard InChI is InChI=1S/C23H26N2O3/c1-4-6-13-28-21-10-8-7-9-20(21)25-22-17-14-16(3)11-12-19(17)24-15-18(22)23(26)27-5-2/h7-12,14-15H,4-6,13H2,1-3H3,(H,24,25). The first-order valence-corrected chi connectivity index (χ1v) is 9.69. The maximum absolute atomic E-state index is 12.5. The van der Waals surface area contributed by atoms with E-state index in [2.05, 4.69) is 17.2 Å². The largest absolute Gasteiger partial charge is 0.491 e. The Bertz CT molecular complexity index is 969. The molecular formula is C23H26N2O3. The summed E-state index contributed by atoms with van der Waals surface area (Å²) in [5.74, 6) is 0.355. The topological polar surface area (TPSA) is 60.5 Å². The van der Waals surface area contributed by atoms with E-state index in [1.54, 1.807) is 13.1 Å². The van der Waals surface area contributed by atoms with Crippen LogP contribution in [0.5, 0.6) is 5.75 Å². The van der Waals surface area contributed by atoms with Crippen LogP contribution in [0, 0.1) is 6.92 Å². The Morgan fingerprint density at radius 3 is 2.75 bits per heavy atom. The Morgan fingerprint density at radius 1 is 1.14 bits per heavy atom. The van der Waals surface area contributed by atoms with Crippen LogP contribution < -0.4 is 10.1 Å². The molecule has 0 spiro atoms. The summed E-state index contributed by atoms with van der Waals surface area (Å²) in [6, 6.07) is 13.7. The van der Waals surface area contributed by atoms with E-state index in [9.17, 15) is 4.79 Å². The number of esters is 1. The number of hydrogen-bond donors (Lipinski definition) is 1. The highest BCUT2D eigenvalue weighted by molar-refractivity contribution is 6.06. The van der Waals surface area contributed by atoms with Crippen LogP contribution in [0.1, 0.15) is 42.6 Å². The molecule has 28 heavy (non-hydrogen) atoms. The van der Waals surface area contributed by atoms with Crippen molar-refractivity contribution in [3.63, 3.8) is 0 Å². The monoisotopic (exact) mass is 378 g/mol. The molecule has 0 radical (unpaired) electrons. The molecule has 3 aromatic rings. The van der Waals surface area contributed by atoms with E-state index in [0.717, 1.165) is 40.7 Å². The molecule has 0 unspecified atom stereocenters. The number of nitrogens with one attached hydrogen (secondary N) is 1. The number of rotatable bonds is 8. The molecule has 1 heterocycles. The Morgan fingerprint density at radius 2 is 1.96 bits per heavy atom. The molecule has 0 atom stereocenters. The van der Waals surface area contributed by atoms with Gasteiger partial charge in [-0.3, -0.25) is 4.98 Å². The smallest absolute Gasteiger partial charge is 0.341 e. The molecule has 1 N–H and O–H groups in total. The van der Waals surface area contributed by atoms with E-state index < -0.39 is 5.97 Å². The number of aryl methyl sites for hydroxylation is 1. The Balaban J connectivity index is 2.07. The lowest BCUT2D eigenvalue weighted by molar-refractivity contribution is 0.0527. The third kappa shape index (κ3) is 4.42. The number of benzene rings is 2. The van der Waals surface area contributed by atoms with Gasteiger partial charge in [-0.1, -0.05) is 37.1 Å². The Kier molecular flexibility index (Phi) is 6.48. The molecule has 0 saturated heterocycles. The van der Waals surface area contributed by atoms with E-state index in [4.69, 9.17) is 9.47 Å². The first-order chi connectivity index (χ1) is 13.6. The number of pyridine rings is 1. The second-order valence-electron chi connectivity index (χ2n) is 6.61. The van der Waals surface area contributed by atoms with Gasteiger partial charge in [0.1, 0.15) is 11.3 Å². The number of ether oxygens (including phenoxy) is 2. The van der Waals surface area contributed by atoms with Gasteiger partial charge in [0.05, 0.1) is 30.1 Å². The van der Waals surface area contributed by atoms with Gasteiger partial charge in [-0.15, -0.1) is 0 Å². The number of anilines is 2. The van der Waals surface area contributed by atoms with Gasteiger partial charge in [0, 0.05) is 11.6 Å². The van der Waals surface area contributed by atoms with Crippen molar-refractivity contribution >= 4 is 28.2 Å². The van der Waals surface area contributed by atoms with Gasteiger partial charge in [-0.25, -0.2) is 4.79 Å². The highest BCUT2D eigenvalue weighted by Gasteiger charge is 2.18. The van der Waals surface area contributed by atoms with Crippen LogP contribution >= 0.6 is 0 Å². The fourth-order valence-electron chi connectivity index (χ4n) is 2.96. The minimum atomic E-state index is -0.398. The van der Waals surface area contributed by atoms with Crippen LogP contribution in [-0.4, -0.2) is 24.2 Å². The van der Waals surface area contributed by atoms with Crippen LogP contribution in [0.2, 0.25) is 0 Å². The van der Waals surface area contributed by atoms with Crippen LogP contribution in [0.15, 0.2) is 48.7 Å². The van der Waals surface area contributed by atoms with Crippen molar-refractivity contribution in [2.75, 3.05) is 18.5 Å². The predicted molar refractivity (Wildman–Crippen MR) is 113 cm³/mol. The summed E-state index contributed by atoms with van der Waals surface area (Å²) in [7, 11) is 0. The normalized spacial score (nSPS) is 10.7. The summed E-state index contributed by atoms with van der Waals surface area (Å²) in [5, 5.41) is 4.28. The number of fused-ring (bicyclic) bond motifs is 1. The van der Waals surface area contributed by atoms with E-state index >= 15 is 0 Å².